The molecule has 0 bridgehead atoms. The van der Waals surface area contributed by atoms with Crippen LogP contribution in [0.25, 0.3) is 0 Å². The summed E-state index contributed by atoms with van der Waals surface area (Å²) in [5.41, 5.74) is 5.71. The number of nitrogens with one attached hydrogen (secondary N) is 1. The molecule has 0 spiro atoms. The number of hydrazine groups is 1. The molecule has 1 heterocycles. The molecule has 3 heteroatoms. The molecule has 1 saturated carbocycles. The van der Waals surface area contributed by atoms with Crippen LogP contribution in [-0.4, -0.2) is 4.98 Å². The van der Waals surface area contributed by atoms with Gasteiger partial charge in [-0.05, 0) is 30.0 Å². The molecule has 1 unspecified atom stereocenters. The Labute approximate surface area is 126 Å². The van der Waals surface area contributed by atoms with Gasteiger partial charge in [-0.15, -0.1) is 0 Å². The van der Waals surface area contributed by atoms with Crippen molar-refractivity contribution in [2.24, 2.45) is 5.84 Å². The lowest BCUT2D eigenvalue weighted by Crippen LogP contribution is -2.46. The van der Waals surface area contributed by atoms with Crippen LogP contribution in [-0.2, 0) is 5.41 Å². The fraction of sp³-hybridized carbons (Fsp3) is 0.389. The Bertz CT molecular complexity index is 547. The summed E-state index contributed by atoms with van der Waals surface area (Å²) in [6, 6.07) is 15.0. The zero-order chi connectivity index (χ0) is 14.5. The lowest BCUT2D eigenvalue weighted by Gasteiger charge is -2.44. The molecule has 0 radical (unpaired) electrons. The van der Waals surface area contributed by atoms with Gasteiger partial charge in [0.15, 0.2) is 0 Å². The first-order valence-corrected chi connectivity index (χ1v) is 7.78. The molecule has 3 rings (SSSR count). The van der Waals surface area contributed by atoms with E-state index in [-0.39, 0.29) is 11.5 Å². The van der Waals surface area contributed by atoms with Crippen LogP contribution in [0.5, 0.6) is 0 Å². The molecule has 3 N–H and O–H groups in total. The SMILES string of the molecule is NNC(c1cccnc1)C1(c2ccccc2)CCCCC1. The van der Waals surface area contributed by atoms with E-state index in [1.165, 1.54) is 43.2 Å². The predicted molar refractivity (Wildman–Crippen MR) is 85.5 cm³/mol. The minimum Gasteiger partial charge on any atom is -0.271 e. The van der Waals surface area contributed by atoms with Gasteiger partial charge in [0.05, 0.1) is 6.04 Å². The van der Waals surface area contributed by atoms with Crippen molar-refractivity contribution in [2.75, 3.05) is 0 Å². The van der Waals surface area contributed by atoms with E-state index in [1.54, 1.807) is 0 Å². The second-order valence-electron chi connectivity index (χ2n) is 5.97. The fourth-order valence-electron chi connectivity index (χ4n) is 3.82. The smallest absolute Gasteiger partial charge is 0.0571 e. The van der Waals surface area contributed by atoms with Crippen molar-refractivity contribution in [3.8, 4) is 0 Å². The van der Waals surface area contributed by atoms with Crippen LogP contribution >= 0.6 is 0 Å². The maximum absolute atomic E-state index is 5.98. The van der Waals surface area contributed by atoms with Crippen LogP contribution in [0.4, 0.5) is 0 Å². The number of pyridine rings is 1. The third-order valence-corrected chi connectivity index (χ3v) is 4.83. The largest absolute Gasteiger partial charge is 0.271 e. The third-order valence-electron chi connectivity index (χ3n) is 4.83. The first kappa shape index (κ1) is 14.2. The summed E-state index contributed by atoms with van der Waals surface area (Å²) >= 11 is 0. The summed E-state index contributed by atoms with van der Waals surface area (Å²) in [6.07, 6.45) is 9.91. The van der Waals surface area contributed by atoms with E-state index in [1.807, 2.05) is 18.5 Å². The molecule has 1 atom stereocenters. The summed E-state index contributed by atoms with van der Waals surface area (Å²) in [5, 5.41) is 0. The summed E-state index contributed by atoms with van der Waals surface area (Å²) in [5.74, 6) is 5.98. The minimum atomic E-state index is 0.0668. The highest BCUT2D eigenvalue weighted by Gasteiger charge is 2.41. The lowest BCUT2D eigenvalue weighted by molar-refractivity contribution is 0.214. The van der Waals surface area contributed by atoms with Crippen LogP contribution in [0, 0.1) is 0 Å². The summed E-state index contributed by atoms with van der Waals surface area (Å²) < 4.78 is 0. The van der Waals surface area contributed by atoms with Crippen molar-refractivity contribution in [3.05, 3.63) is 66.0 Å². The maximum atomic E-state index is 5.98. The molecule has 1 aliphatic rings. The maximum Gasteiger partial charge on any atom is 0.0571 e. The van der Waals surface area contributed by atoms with Gasteiger partial charge in [0.2, 0.25) is 0 Å². The zero-order valence-electron chi connectivity index (χ0n) is 12.3. The highest BCUT2D eigenvalue weighted by molar-refractivity contribution is 5.33. The lowest BCUT2D eigenvalue weighted by atomic mass is 9.63. The topological polar surface area (TPSA) is 50.9 Å². The Morgan fingerprint density at radius 1 is 1.00 bits per heavy atom. The van der Waals surface area contributed by atoms with Crippen molar-refractivity contribution < 1.29 is 0 Å². The Balaban J connectivity index is 2.06. The van der Waals surface area contributed by atoms with Gasteiger partial charge in [0.25, 0.3) is 0 Å². The minimum absolute atomic E-state index is 0.0668. The van der Waals surface area contributed by atoms with E-state index in [0.717, 1.165) is 0 Å². The summed E-state index contributed by atoms with van der Waals surface area (Å²) in [6.45, 7) is 0. The van der Waals surface area contributed by atoms with Gasteiger partial charge in [-0.2, -0.15) is 0 Å². The second-order valence-corrected chi connectivity index (χ2v) is 5.97. The highest BCUT2D eigenvalue weighted by atomic mass is 15.2. The first-order chi connectivity index (χ1) is 10.4. The highest BCUT2D eigenvalue weighted by Crippen LogP contribution is 2.47. The van der Waals surface area contributed by atoms with Crippen LogP contribution in [0.1, 0.15) is 49.3 Å². The third kappa shape index (κ3) is 2.71. The quantitative estimate of drug-likeness (QED) is 0.666. The number of nitrogens with zero attached hydrogens (tertiary/aromatic N) is 1. The Morgan fingerprint density at radius 3 is 2.38 bits per heavy atom. The monoisotopic (exact) mass is 281 g/mol. The van der Waals surface area contributed by atoms with E-state index >= 15 is 0 Å². The number of hydrogen-bond acceptors (Lipinski definition) is 3. The molecular weight excluding hydrogens is 258 g/mol. The van der Waals surface area contributed by atoms with Crippen LogP contribution in [0.3, 0.4) is 0 Å². The average molecular weight is 281 g/mol. The van der Waals surface area contributed by atoms with Crippen molar-refractivity contribution in [1.29, 1.82) is 0 Å². The number of aromatic nitrogens is 1. The first-order valence-electron chi connectivity index (χ1n) is 7.78. The number of hydrogen-bond donors (Lipinski definition) is 2. The van der Waals surface area contributed by atoms with Gasteiger partial charge >= 0.3 is 0 Å². The molecule has 1 aromatic carbocycles. The summed E-state index contributed by atoms with van der Waals surface area (Å²) in [4.78, 5) is 4.28. The molecular formula is C18H23N3. The van der Waals surface area contributed by atoms with Gasteiger partial charge in [-0.25, -0.2) is 0 Å². The molecule has 21 heavy (non-hydrogen) atoms. The van der Waals surface area contributed by atoms with Crippen LogP contribution in [0.2, 0.25) is 0 Å². The Kier molecular flexibility index (Phi) is 4.32. The molecule has 1 aliphatic carbocycles. The number of benzene rings is 1. The van der Waals surface area contributed by atoms with E-state index in [4.69, 9.17) is 5.84 Å². The van der Waals surface area contributed by atoms with Gasteiger partial charge in [-0.1, -0.05) is 55.7 Å². The van der Waals surface area contributed by atoms with Gasteiger partial charge in [0.1, 0.15) is 0 Å². The molecule has 1 fully saturated rings. The molecule has 2 aromatic rings. The average Bonchev–Trinajstić information content (AvgIpc) is 2.58. The summed E-state index contributed by atoms with van der Waals surface area (Å²) in [7, 11) is 0. The van der Waals surface area contributed by atoms with Crippen molar-refractivity contribution >= 4 is 0 Å². The predicted octanol–water partition coefficient (Wildman–Crippen LogP) is 3.49. The number of rotatable bonds is 4. The van der Waals surface area contributed by atoms with Gasteiger partial charge < -0.3 is 0 Å². The molecule has 0 saturated heterocycles. The molecule has 3 nitrogen and oxygen atoms in total. The molecule has 0 amide bonds. The molecule has 110 valence electrons. The zero-order valence-corrected chi connectivity index (χ0v) is 12.3. The number of nitrogens with two attached hydrogens (primary N) is 1. The van der Waals surface area contributed by atoms with Gasteiger partial charge in [0, 0.05) is 17.8 Å². The molecule has 1 aromatic heterocycles. The van der Waals surface area contributed by atoms with E-state index < -0.39 is 0 Å². The second kappa shape index (κ2) is 6.37. The van der Waals surface area contributed by atoms with Crippen molar-refractivity contribution in [3.63, 3.8) is 0 Å². The van der Waals surface area contributed by atoms with Crippen LogP contribution in [0.15, 0.2) is 54.9 Å². The fourth-order valence-corrected chi connectivity index (χ4v) is 3.82. The Morgan fingerprint density at radius 2 is 1.76 bits per heavy atom. The van der Waals surface area contributed by atoms with Gasteiger partial charge in [-0.3, -0.25) is 16.3 Å². The van der Waals surface area contributed by atoms with E-state index in [9.17, 15) is 0 Å². The Hall–Kier alpha value is -1.71. The van der Waals surface area contributed by atoms with Crippen molar-refractivity contribution in [2.45, 2.75) is 43.6 Å². The van der Waals surface area contributed by atoms with E-state index in [2.05, 4.69) is 46.8 Å². The van der Waals surface area contributed by atoms with E-state index in [0.29, 0.717) is 0 Å². The standard InChI is InChI=1S/C18H23N3/c19-21-17(15-8-7-13-20-14-15)18(11-5-2-6-12-18)16-9-3-1-4-10-16/h1,3-4,7-10,13-14,17,21H,2,5-6,11-12,19H2. The molecule has 0 aliphatic heterocycles. The van der Waals surface area contributed by atoms with Crippen LogP contribution < -0.4 is 11.3 Å². The van der Waals surface area contributed by atoms with Crippen molar-refractivity contribution in [1.82, 2.24) is 10.4 Å². The normalized spacial score (nSPS) is 19.1.